The summed E-state index contributed by atoms with van der Waals surface area (Å²) >= 11 is 1.15. The normalized spacial score (nSPS) is 24.8. The zero-order valence-corrected chi connectivity index (χ0v) is 9.02. The molecule has 86 valence electrons. The van der Waals surface area contributed by atoms with Gasteiger partial charge in [0.05, 0.1) is 5.56 Å². The molecule has 0 aliphatic carbocycles. The zero-order chi connectivity index (χ0) is 11.7. The molecule has 2 unspecified atom stereocenters. The van der Waals surface area contributed by atoms with Gasteiger partial charge < -0.3 is 19.6 Å². The van der Waals surface area contributed by atoms with Gasteiger partial charge in [0.25, 0.3) is 0 Å². The standard InChI is InChI=1S/C10H9NO4S/c12-8-5-16-11(9(8)13)7-3-1-2-6(4-7)10(14)15/h1-4,8-9H,5H2,(H,14,15)/q-2. The molecule has 1 N–H and O–H groups in total. The van der Waals surface area contributed by atoms with Crippen LogP contribution in [0.15, 0.2) is 24.3 Å². The van der Waals surface area contributed by atoms with Crippen LogP contribution in [0.4, 0.5) is 5.69 Å². The summed E-state index contributed by atoms with van der Waals surface area (Å²) in [6, 6.07) is 6.03. The van der Waals surface area contributed by atoms with Crippen LogP contribution in [0.25, 0.3) is 0 Å². The largest absolute Gasteiger partial charge is 0.851 e. The molecule has 0 radical (unpaired) electrons. The van der Waals surface area contributed by atoms with E-state index in [0.717, 1.165) is 11.9 Å². The number of hydrogen-bond donors (Lipinski definition) is 1. The number of hydrogen-bond acceptors (Lipinski definition) is 5. The summed E-state index contributed by atoms with van der Waals surface area (Å²) < 4.78 is 1.34. The Morgan fingerprint density at radius 2 is 2.25 bits per heavy atom. The number of benzene rings is 1. The molecule has 0 aromatic heterocycles. The average Bonchev–Trinajstić information content (AvgIpc) is 2.60. The van der Waals surface area contributed by atoms with Crippen LogP contribution in [-0.2, 0) is 0 Å². The number of nitrogens with zero attached hydrogens (tertiary/aromatic N) is 1. The Kier molecular flexibility index (Phi) is 3.04. The summed E-state index contributed by atoms with van der Waals surface area (Å²) in [5, 5.41) is 31.5. The second kappa shape index (κ2) is 4.32. The van der Waals surface area contributed by atoms with Crippen molar-refractivity contribution < 1.29 is 20.1 Å². The first-order chi connectivity index (χ1) is 7.59. The number of rotatable bonds is 2. The molecule has 16 heavy (non-hydrogen) atoms. The molecule has 6 heteroatoms. The van der Waals surface area contributed by atoms with Crippen molar-refractivity contribution in [2.75, 3.05) is 10.1 Å². The van der Waals surface area contributed by atoms with Crippen LogP contribution in [0.2, 0.25) is 0 Å². The molecule has 1 aromatic carbocycles. The highest BCUT2D eigenvalue weighted by Crippen LogP contribution is 2.30. The van der Waals surface area contributed by atoms with Gasteiger partial charge in [0, 0.05) is 11.4 Å². The van der Waals surface area contributed by atoms with Gasteiger partial charge in [-0.1, -0.05) is 18.0 Å². The van der Waals surface area contributed by atoms with E-state index in [-0.39, 0.29) is 11.3 Å². The van der Waals surface area contributed by atoms with Gasteiger partial charge in [0.1, 0.15) is 0 Å². The summed E-state index contributed by atoms with van der Waals surface area (Å²) in [6.07, 6.45) is -2.52. The van der Waals surface area contributed by atoms with E-state index in [0.29, 0.717) is 5.69 Å². The molecule has 1 aliphatic rings. The van der Waals surface area contributed by atoms with Crippen molar-refractivity contribution in [1.82, 2.24) is 0 Å². The Bertz CT molecular complexity index is 412. The van der Waals surface area contributed by atoms with Crippen molar-refractivity contribution in [2.24, 2.45) is 0 Å². The third-order valence-corrected chi connectivity index (χ3v) is 3.45. The van der Waals surface area contributed by atoms with Crippen LogP contribution >= 0.6 is 11.9 Å². The van der Waals surface area contributed by atoms with Crippen LogP contribution in [0.3, 0.4) is 0 Å². The second-order valence-electron chi connectivity index (χ2n) is 3.41. The topological polar surface area (TPSA) is 86.7 Å². The summed E-state index contributed by atoms with van der Waals surface area (Å²) in [6.45, 7) is 0. The minimum Gasteiger partial charge on any atom is -0.851 e. The maximum atomic E-state index is 11.5. The van der Waals surface area contributed by atoms with Crippen molar-refractivity contribution >= 4 is 23.6 Å². The predicted molar refractivity (Wildman–Crippen MR) is 55.9 cm³/mol. The lowest BCUT2D eigenvalue weighted by atomic mass is 10.2. The Morgan fingerprint density at radius 3 is 2.81 bits per heavy atom. The second-order valence-corrected chi connectivity index (χ2v) is 4.39. The monoisotopic (exact) mass is 239 g/mol. The average molecular weight is 239 g/mol. The summed E-state index contributed by atoms with van der Waals surface area (Å²) in [5.41, 5.74) is 0.586. The fourth-order valence-electron chi connectivity index (χ4n) is 1.46. The van der Waals surface area contributed by atoms with Crippen LogP contribution in [-0.4, -0.2) is 29.2 Å². The number of anilines is 1. The highest BCUT2D eigenvalue weighted by Gasteiger charge is 2.20. The van der Waals surface area contributed by atoms with Crippen molar-refractivity contribution in [3.05, 3.63) is 29.8 Å². The number of carboxylic acid groups (broad SMARTS) is 1. The molecule has 2 rings (SSSR count). The van der Waals surface area contributed by atoms with Crippen molar-refractivity contribution in [3.8, 4) is 0 Å². The first kappa shape index (κ1) is 11.3. The summed E-state index contributed by atoms with van der Waals surface area (Å²) in [4.78, 5) is 10.7. The molecule has 5 nitrogen and oxygen atoms in total. The lowest BCUT2D eigenvalue weighted by Crippen LogP contribution is -2.50. The van der Waals surface area contributed by atoms with Crippen LogP contribution in [0.5, 0.6) is 0 Å². The maximum Gasteiger partial charge on any atom is 0.335 e. The van der Waals surface area contributed by atoms with Crippen molar-refractivity contribution in [1.29, 1.82) is 0 Å². The first-order valence-electron chi connectivity index (χ1n) is 4.67. The van der Waals surface area contributed by atoms with Gasteiger partial charge in [-0.3, -0.25) is 0 Å². The number of carbonyl (C=O) groups is 1. The summed E-state index contributed by atoms with van der Waals surface area (Å²) in [5.74, 6) is -0.821. The highest BCUT2D eigenvalue weighted by atomic mass is 32.2. The van der Waals surface area contributed by atoms with E-state index >= 15 is 0 Å². The predicted octanol–water partition coefficient (Wildman–Crippen LogP) is -0.732. The molecule has 0 spiro atoms. The lowest BCUT2D eigenvalue weighted by molar-refractivity contribution is -0.517. The SMILES string of the molecule is O=C(O)c1cccc(N2SCC([O-])C2[O-])c1. The van der Waals surface area contributed by atoms with E-state index in [2.05, 4.69) is 0 Å². The van der Waals surface area contributed by atoms with Crippen LogP contribution in [0, 0.1) is 0 Å². The quantitative estimate of drug-likeness (QED) is 0.685. The van der Waals surface area contributed by atoms with Gasteiger partial charge in [0.15, 0.2) is 0 Å². The van der Waals surface area contributed by atoms with Gasteiger partial charge in [-0.15, -0.1) is 6.10 Å². The minimum absolute atomic E-state index is 0.111. The van der Waals surface area contributed by atoms with Gasteiger partial charge >= 0.3 is 5.97 Å². The molecule has 1 aromatic rings. The maximum absolute atomic E-state index is 11.5. The molecule has 0 amide bonds. The third kappa shape index (κ3) is 1.99. The van der Waals surface area contributed by atoms with Crippen molar-refractivity contribution in [2.45, 2.75) is 12.3 Å². The van der Waals surface area contributed by atoms with Gasteiger partial charge in [0.2, 0.25) is 0 Å². The van der Waals surface area contributed by atoms with Crippen LogP contribution in [0.1, 0.15) is 10.4 Å². The molecule has 0 bridgehead atoms. The molecule has 0 saturated carbocycles. The van der Waals surface area contributed by atoms with Gasteiger partial charge in [-0.05, 0) is 24.4 Å². The van der Waals surface area contributed by atoms with Gasteiger partial charge in [-0.25, -0.2) is 4.79 Å². The Labute approximate surface area is 96.4 Å². The smallest absolute Gasteiger partial charge is 0.335 e. The molecule has 1 heterocycles. The van der Waals surface area contributed by atoms with E-state index < -0.39 is 18.3 Å². The lowest BCUT2D eigenvalue weighted by Gasteiger charge is -2.36. The van der Waals surface area contributed by atoms with E-state index in [1.165, 1.54) is 16.4 Å². The third-order valence-electron chi connectivity index (χ3n) is 2.27. The highest BCUT2D eigenvalue weighted by molar-refractivity contribution is 8.01. The molecule has 1 fully saturated rings. The van der Waals surface area contributed by atoms with Crippen LogP contribution < -0.4 is 14.5 Å². The Balaban J connectivity index is 2.27. The van der Waals surface area contributed by atoms with Gasteiger partial charge in [-0.2, -0.15) is 0 Å². The van der Waals surface area contributed by atoms with E-state index in [1.807, 2.05) is 0 Å². The Hall–Kier alpha value is -1.24. The minimum atomic E-state index is -1.35. The zero-order valence-electron chi connectivity index (χ0n) is 8.20. The molecule has 1 aliphatic heterocycles. The Morgan fingerprint density at radius 1 is 1.50 bits per heavy atom. The fraction of sp³-hybridized carbons (Fsp3) is 0.300. The summed E-state index contributed by atoms with van der Waals surface area (Å²) in [7, 11) is 0. The molecular formula is C10H9NO4S-2. The van der Waals surface area contributed by atoms with E-state index in [9.17, 15) is 15.0 Å². The molecule has 1 saturated heterocycles. The van der Waals surface area contributed by atoms with Crippen molar-refractivity contribution in [3.63, 3.8) is 0 Å². The fourth-order valence-corrected chi connectivity index (χ4v) is 2.48. The number of carboxylic acids is 1. The number of aromatic carboxylic acids is 1. The first-order valence-corrected chi connectivity index (χ1v) is 5.61. The van der Waals surface area contributed by atoms with E-state index in [4.69, 9.17) is 5.11 Å². The van der Waals surface area contributed by atoms with E-state index in [1.54, 1.807) is 12.1 Å². The molecule has 2 atom stereocenters. The molecular weight excluding hydrogens is 230 g/mol.